The van der Waals surface area contributed by atoms with Crippen molar-refractivity contribution in [1.29, 1.82) is 0 Å². The predicted octanol–water partition coefficient (Wildman–Crippen LogP) is 3.62. The molecule has 160 valence electrons. The van der Waals surface area contributed by atoms with Crippen LogP contribution in [0.2, 0.25) is 0 Å². The molecule has 7 heteroatoms. The van der Waals surface area contributed by atoms with Crippen LogP contribution in [0.3, 0.4) is 0 Å². The molecule has 0 unspecified atom stereocenters. The summed E-state index contributed by atoms with van der Waals surface area (Å²) in [5, 5.41) is 6.26. The van der Waals surface area contributed by atoms with Gasteiger partial charge in [-0.2, -0.15) is 0 Å². The maximum Gasteiger partial charge on any atom is 0.225 e. The van der Waals surface area contributed by atoms with Crippen molar-refractivity contribution in [3.05, 3.63) is 102 Å². The lowest BCUT2D eigenvalue weighted by molar-refractivity contribution is -0.121. The van der Waals surface area contributed by atoms with Crippen LogP contribution in [0, 0.1) is 0 Å². The van der Waals surface area contributed by atoms with E-state index in [1.54, 1.807) is 24.8 Å². The molecule has 4 rings (SSSR count). The first-order valence-electron chi connectivity index (χ1n) is 10.4. The summed E-state index contributed by atoms with van der Waals surface area (Å²) in [6.07, 6.45) is 7.69. The van der Waals surface area contributed by atoms with Gasteiger partial charge in [0.05, 0.1) is 18.2 Å². The number of nitrogens with zero attached hydrogens (tertiary/aromatic N) is 4. The van der Waals surface area contributed by atoms with Crippen LogP contribution < -0.4 is 10.6 Å². The normalized spacial score (nSPS) is 11.5. The third kappa shape index (κ3) is 5.51. The van der Waals surface area contributed by atoms with Crippen molar-refractivity contribution in [2.24, 2.45) is 0 Å². The van der Waals surface area contributed by atoms with Gasteiger partial charge in [-0.15, -0.1) is 0 Å². The molecule has 3 aromatic heterocycles. The van der Waals surface area contributed by atoms with E-state index in [-0.39, 0.29) is 18.4 Å². The molecule has 0 bridgehead atoms. The molecule has 4 aromatic rings. The van der Waals surface area contributed by atoms with E-state index < -0.39 is 0 Å². The number of pyridine rings is 2. The Balaban J connectivity index is 1.66. The van der Waals surface area contributed by atoms with Gasteiger partial charge in [0.15, 0.2) is 5.82 Å². The van der Waals surface area contributed by atoms with E-state index >= 15 is 0 Å². The number of benzene rings is 1. The van der Waals surface area contributed by atoms with E-state index in [4.69, 9.17) is 4.98 Å². The van der Waals surface area contributed by atoms with Gasteiger partial charge in [0, 0.05) is 43.5 Å². The Labute approximate surface area is 187 Å². The van der Waals surface area contributed by atoms with Crippen LogP contribution >= 0.6 is 0 Å². The number of anilines is 1. The molecule has 0 fully saturated rings. The van der Waals surface area contributed by atoms with Crippen molar-refractivity contribution < 1.29 is 4.79 Å². The molecule has 0 spiro atoms. The third-order valence-corrected chi connectivity index (χ3v) is 4.98. The number of aromatic nitrogens is 4. The molecule has 0 saturated carbocycles. The average molecular weight is 425 g/mol. The lowest BCUT2D eigenvalue weighted by atomic mass is 10.0. The van der Waals surface area contributed by atoms with E-state index in [1.807, 2.05) is 67.7 Å². The zero-order chi connectivity index (χ0) is 22.2. The van der Waals surface area contributed by atoms with Gasteiger partial charge in [0.25, 0.3) is 0 Å². The van der Waals surface area contributed by atoms with Crippen molar-refractivity contribution in [3.8, 4) is 11.4 Å². The van der Waals surface area contributed by atoms with Gasteiger partial charge in [-0.05, 0) is 35.7 Å². The Kier molecular flexibility index (Phi) is 6.77. The van der Waals surface area contributed by atoms with E-state index in [2.05, 4.69) is 25.6 Å². The lowest BCUT2D eigenvalue weighted by Gasteiger charge is -2.20. The minimum absolute atomic E-state index is 0.0912. The molecule has 0 aliphatic carbocycles. The minimum atomic E-state index is -0.327. The molecule has 2 N–H and O–H groups in total. The Bertz CT molecular complexity index is 1150. The van der Waals surface area contributed by atoms with Crippen LogP contribution in [0.25, 0.3) is 11.4 Å². The maximum atomic E-state index is 12.9. The molecule has 32 heavy (non-hydrogen) atoms. The molecule has 0 aliphatic rings. The van der Waals surface area contributed by atoms with Gasteiger partial charge >= 0.3 is 0 Å². The average Bonchev–Trinajstić information content (AvgIpc) is 2.85. The molecule has 0 radical (unpaired) electrons. The summed E-state index contributed by atoms with van der Waals surface area (Å²) < 4.78 is 0. The van der Waals surface area contributed by atoms with E-state index in [0.29, 0.717) is 18.1 Å². The Hall–Kier alpha value is -4.13. The number of carbonyl (C=O) groups excluding carboxylic acids is 1. The van der Waals surface area contributed by atoms with Crippen molar-refractivity contribution in [2.75, 3.05) is 12.4 Å². The number of rotatable bonds is 8. The standard InChI is InChI=1S/C25H24N6O/c1-26-23-15-22(30-25(31-23)20-10-6-12-28-17-20)21(13-18-7-3-2-4-8-18)29-24(32)14-19-9-5-11-27-16-19/h2-12,15-17,21H,13-14H2,1H3,(H,29,32)(H,26,30,31)/t21-/m0/s1. The fourth-order valence-corrected chi connectivity index (χ4v) is 3.41. The first-order chi connectivity index (χ1) is 15.7. The van der Waals surface area contributed by atoms with Gasteiger partial charge in [-0.3, -0.25) is 14.8 Å². The summed E-state index contributed by atoms with van der Waals surface area (Å²) in [5.41, 5.74) is 3.50. The van der Waals surface area contributed by atoms with Crippen LogP contribution in [0.5, 0.6) is 0 Å². The quantitative estimate of drug-likeness (QED) is 0.449. The fourth-order valence-electron chi connectivity index (χ4n) is 3.41. The van der Waals surface area contributed by atoms with Crippen LogP contribution in [0.1, 0.15) is 22.9 Å². The summed E-state index contributed by atoms with van der Waals surface area (Å²) in [6.45, 7) is 0. The van der Waals surface area contributed by atoms with Crippen LogP contribution in [0.4, 0.5) is 5.82 Å². The van der Waals surface area contributed by atoms with Crippen molar-refractivity contribution >= 4 is 11.7 Å². The second kappa shape index (κ2) is 10.3. The Morgan fingerprint density at radius 1 is 0.906 bits per heavy atom. The van der Waals surface area contributed by atoms with Crippen LogP contribution in [-0.4, -0.2) is 32.9 Å². The van der Waals surface area contributed by atoms with Gasteiger partial charge in [-0.25, -0.2) is 9.97 Å². The summed E-state index contributed by atoms with van der Waals surface area (Å²) in [7, 11) is 1.81. The Morgan fingerprint density at radius 3 is 2.34 bits per heavy atom. The highest BCUT2D eigenvalue weighted by Crippen LogP contribution is 2.23. The van der Waals surface area contributed by atoms with E-state index in [0.717, 1.165) is 22.4 Å². The summed E-state index contributed by atoms with van der Waals surface area (Å²) in [4.78, 5) is 30.5. The molecule has 7 nitrogen and oxygen atoms in total. The highest BCUT2D eigenvalue weighted by atomic mass is 16.1. The second-order valence-electron chi connectivity index (χ2n) is 7.34. The van der Waals surface area contributed by atoms with Gasteiger partial charge in [0.2, 0.25) is 5.91 Å². The largest absolute Gasteiger partial charge is 0.373 e. The number of hydrogen-bond donors (Lipinski definition) is 2. The second-order valence-corrected chi connectivity index (χ2v) is 7.34. The van der Waals surface area contributed by atoms with Crippen LogP contribution in [0.15, 0.2) is 85.5 Å². The molecule has 1 atom stereocenters. The first kappa shape index (κ1) is 21.1. The molecular formula is C25H24N6O. The van der Waals surface area contributed by atoms with E-state index in [1.165, 1.54) is 0 Å². The lowest BCUT2D eigenvalue weighted by Crippen LogP contribution is -2.32. The smallest absolute Gasteiger partial charge is 0.225 e. The van der Waals surface area contributed by atoms with Gasteiger partial charge in [0.1, 0.15) is 5.82 Å². The highest BCUT2D eigenvalue weighted by Gasteiger charge is 2.20. The fraction of sp³-hybridized carbons (Fsp3) is 0.160. The summed E-state index contributed by atoms with van der Waals surface area (Å²) >= 11 is 0. The zero-order valence-electron chi connectivity index (χ0n) is 17.8. The Morgan fingerprint density at radius 2 is 1.66 bits per heavy atom. The molecule has 3 heterocycles. The minimum Gasteiger partial charge on any atom is -0.373 e. The van der Waals surface area contributed by atoms with Gasteiger partial charge in [-0.1, -0.05) is 36.4 Å². The van der Waals surface area contributed by atoms with Crippen LogP contribution in [-0.2, 0) is 17.6 Å². The van der Waals surface area contributed by atoms with Crippen molar-refractivity contribution in [3.63, 3.8) is 0 Å². The molecular weight excluding hydrogens is 400 g/mol. The highest BCUT2D eigenvalue weighted by molar-refractivity contribution is 5.79. The first-order valence-corrected chi connectivity index (χ1v) is 10.4. The maximum absolute atomic E-state index is 12.9. The molecule has 0 aliphatic heterocycles. The predicted molar refractivity (Wildman–Crippen MR) is 124 cm³/mol. The van der Waals surface area contributed by atoms with Crippen molar-refractivity contribution in [1.82, 2.24) is 25.3 Å². The summed E-state index contributed by atoms with van der Waals surface area (Å²) in [6, 6.07) is 19.1. The number of carbonyl (C=O) groups is 1. The monoisotopic (exact) mass is 424 g/mol. The van der Waals surface area contributed by atoms with E-state index in [9.17, 15) is 4.79 Å². The van der Waals surface area contributed by atoms with Crippen molar-refractivity contribution in [2.45, 2.75) is 18.9 Å². The molecule has 1 amide bonds. The number of hydrogen-bond acceptors (Lipinski definition) is 6. The number of amides is 1. The molecule has 0 saturated heterocycles. The van der Waals surface area contributed by atoms with Gasteiger partial charge < -0.3 is 10.6 Å². The third-order valence-electron chi connectivity index (χ3n) is 4.98. The summed E-state index contributed by atoms with van der Waals surface area (Å²) in [5.74, 6) is 1.14. The zero-order valence-corrected chi connectivity index (χ0v) is 17.8. The number of nitrogens with one attached hydrogen (secondary N) is 2. The SMILES string of the molecule is CNc1cc([C@H](Cc2ccccc2)NC(=O)Cc2cccnc2)nc(-c2cccnc2)n1. The topological polar surface area (TPSA) is 92.7 Å². The molecule has 1 aromatic carbocycles.